The molecule has 1 aliphatic rings. The number of hydrogen-bond donors (Lipinski definition) is 3. The summed E-state index contributed by atoms with van der Waals surface area (Å²) in [5.41, 5.74) is 0.791. The predicted molar refractivity (Wildman–Crippen MR) is 129 cm³/mol. The molecule has 1 saturated heterocycles. The highest BCUT2D eigenvalue weighted by Gasteiger charge is 2.41. The Morgan fingerprint density at radius 1 is 1.24 bits per heavy atom. The van der Waals surface area contributed by atoms with Crippen LogP contribution in [0.5, 0.6) is 11.5 Å². The molecule has 0 saturated carbocycles. The number of carbonyl (C=O) groups excluding carboxylic acids is 1. The zero-order valence-electron chi connectivity index (χ0n) is 18.8. The van der Waals surface area contributed by atoms with E-state index >= 15 is 0 Å². The van der Waals surface area contributed by atoms with Crippen LogP contribution in [0.4, 0.5) is 0 Å². The molecular formula is C24H27BrClNO7. The van der Waals surface area contributed by atoms with Gasteiger partial charge in [-0.3, -0.25) is 4.79 Å². The topological polar surface area (TPSA) is 114 Å². The van der Waals surface area contributed by atoms with Crippen molar-refractivity contribution in [3.63, 3.8) is 0 Å². The second kappa shape index (κ2) is 11.4. The van der Waals surface area contributed by atoms with Crippen LogP contribution in [0.3, 0.4) is 0 Å². The molecule has 0 bridgehead atoms. The van der Waals surface area contributed by atoms with Crippen LogP contribution < -0.4 is 14.8 Å². The van der Waals surface area contributed by atoms with Gasteiger partial charge in [-0.2, -0.15) is 0 Å². The van der Waals surface area contributed by atoms with E-state index in [1.54, 1.807) is 24.3 Å². The fourth-order valence-corrected chi connectivity index (χ4v) is 4.70. The van der Waals surface area contributed by atoms with E-state index in [0.29, 0.717) is 33.6 Å². The average molecular weight is 557 g/mol. The van der Waals surface area contributed by atoms with Crippen LogP contribution in [0.25, 0.3) is 0 Å². The molecule has 0 aliphatic carbocycles. The number of ether oxygens (including phenoxy) is 3. The lowest BCUT2D eigenvalue weighted by molar-refractivity contribution is -0.139. The van der Waals surface area contributed by atoms with Crippen molar-refractivity contribution in [1.82, 2.24) is 5.32 Å². The van der Waals surface area contributed by atoms with Crippen molar-refractivity contribution in [2.45, 2.75) is 43.9 Å². The van der Waals surface area contributed by atoms with Gasteiger partial charge >= 0.3 is 5.97 Å². The molecule has 1 amide bonds. The summed E-state index contributed by atoms with van der Waals surface area (Å²) in [6.45, 7) is 1.12. The number of benzene rings is 2. The maximum Gasteiger partial charge on any atom is 0.341 e. The lowest BCUT2D eigenvalue weighted by Crippen LogP contribution is -2.51. The fourth-order valence-electron chi connectivity index (χ4n) is 4.12. The van der Waals surface area contributed by atoms with E-state index in [0.717, 1.165) is 5.56 Å². The van der Waals surface area contributed by atoms with Gasteiger partial charge in [0.1, 0.15) is 0 Å². The molecule has 0 unspecified atom stereocenters. The Balaban J connectivity index is 2.04. The van der Waals surface area contributed by atoms with Crippen molar-refractivity contribution in [2.24, 2.45) is 0 Å². The summed E-state index contributed by atoms with van der Waals surface area (Å²) in [4.78, 5) is 23.6. The minimum Gasteiger partial charge on any atom is -0.493 e. The third-order valence-electron chi connectivity index (χ3n) is 5.58. The van der Waals surface area contributed by atoms with Crippen LogP contribution in [0.2, 0.25) is 5.02 Å². The Morgan fingerprint density at radius 3 is 2.53 bits per heavy atom. The van der Waals surface area contributed by atoms with Crippen LogP contribution in [-0.2, 0) is 14.3 Å². The number of aliphatic hydroxyl groups excluding tert-OH is 1. The largest absolute Gasteiger partial charge is 0.493 e. The number of halogens is 2. The van der Waals surface area contributed by atoms with E-state index in [4.69, 9.17) is 30.9 Å². The summed E-state index contributed by atoms with van der Waals surface area (Å²) in [5.74, 6) is -0.775. The number of methoxy groups -OCH3 is 1. The minimum absolute atomic E-state index is 0.00952. The molecular weight excluding hydrogens is 530 g/mol. The zero-order valence-corrected chi connectivity index (χ0v) is 21.2. The monoisotopic (exact) mass is 555 g/mol. The molecule has 34 heavy (non-hydrogen) atoms. The molecule has 8 nitrogen and oxygen atoms in total. The van der Waals surface area contributed by atoms with Gasteiger partial charge in [-0.15, -0.1) is 0 Å². The van der Waals surface area contributed by atoms with Gasteiger partial charge in [-0.1, -0.05) is 39.7 Å². The van der Waals surface area contributed by atoms with Crippen LogP contribution in [0.15, 0.2) is 40.9 Å². The summed E-state index contributed by atoms with van der Waals surface area (Å²) in [5, 5.41) is 22.0. The quantitative estimate of drug-likeness (QED) is 0.419. The number of aliphatic carboxylic acids is 1. The molecule has 1 aliphatic heterocycles. The van der Waals surface area contributed by atoms with Gasteiger partial charge in [-0.05, 0) is 36.8 Å². The fraction of sp³-hybridized carbons (Fsp3) is 0.417. The Kier molecular flexibility index (Phi) is 8.81. The highest BCUT2D eigenvalue weighted by molar-refractivity contribution is 9.10. The molecule has 0 radical (unpaired) electrons. The molecule has 1 fully saturated rings. The van der Waals surface area contributed by atoms with Gasteiger partial charge in [0, 0.05) is 39.9 Å². The number of nitrogens with one attached hydrogen (secondary N) is 1. The number of carboxylic acids is 1. The average Bonchev–Trinajstić information content (AvgIpc) is 2.77. The maximum atomic E-state index is 12.4. The summed E-state index contributed by atoms with van der Waals surface area (Å²) in [6, 6.07) is 10.8. The standard InChI is InChI=1S/C24H27BrClNO7/c1-24(27-21(29)7-8-28)11-19(14-3-5-16(26)6-4-14)34-20(12-24)17-9-15(25)10-18(32-2)23(17)33-13-22(30)31/h3-6,9-10,19-20,28H,7-8,11-13H2,1-2H3,(H,27,29)(H,30,31)/t19-,20+,24-/m0/s1. The molecule has 3 atom stereocenters. The first-order valence-corrected chi connectivity index (χ1v) is 11.9. The minimum atomic E-state index is -1.12. The number of carboxylic acid groups (broad SMARTS) is 1. The lowest BCUT2D eigenvalue weighted by atomic mass is 9.81. The first-order chi connectivity index (χ1) is 16.1. The number of hydrogen-bond acceptors (Lipinski definition) is 6. The Morgan fingerprint density at radius 2 is 1.91 bits per heavy atom. The van der Waals surface area contributed by atoms with Gasteiger partial charge in [-0.25, -0.2) is 4.79 Å². The highest BCUT2D eigenvalue weighted by Crippen LogP contribution is 2.48. The normalized spacial score (nSPS) is 22.1. The Labute approximate surface area is 211 Å². The van der Waals surface area contributed by atoms with Gasteiger partial charge in [0.2, 0.25) is 5.91 Å². The summed E-state index contributed by atoms with van der Waals surface area (Å²) < 4.78 is 18.2. The number of carbonyl (C=O) groups is 2. The molecule has 3 rings (SSSR count). The van der Waals surface area contributed by atoms with Crippen molar-refractivity contribution in [3.8, 4) is 11.5 Å². The summed E-state index contributed by atoms with van der Waals surface area (Å²) in [7, 11) is 1.47. The van der Waals surface area contributed by atoms with E-state index in [1.807, 2.05) is 19.1 Å². The third kappa shape index (κ3) is 6.63. The van der Waals surface area contributed by atoms with E-state index in [9.17, 15) is 14.7 Å². The predicted octanol–water partition coefficient (Wildman–Crippen LogP) is 4.42. The van der Waals surface area contributed by atoms with Crippen LogP contribution in [-0.4, -0.2) is 48.0 Å². The first kappa shape index (κ1) is 26.3. The zero-order chi connectivity index (χ0) is 24.9. The van der Waals surface area contributed by atoms with Crippen molar-refractivity contribution in [2.75, 3.05) is 20.3 Å². The van der Waals surface area contributed by atoms with Crippen molar-refractivity contribution < 1.29 is 34.0 Å². The van der Waals surface area contributed by atoms with Crippen molar-refractivity contribution >= 4 is 39.4 Å². The number of aliphatic hydroxyl groups is 1. The number of rotatable bonds is 9. The SMILES string of the molecule is COc1cc(Br)cc([C@H]2C[C@@](C)(NC(=O)CCO)C[C@@H](c3ccc(Cl)cc3)O2)c1OCC(=O)O. The van der Waals surface area contributed by atoms with E-state index in [-0.39, 0.29) is 24.7 Å². The number of amides is 1. The second-order valence-corrected chi connectivity index (χ2v) is 9.72. The highest BCUT2D eigenvalue weighted by atomic mass is 79.9. The van der Waals surface area contributed by atoms with Crippen LogP contribution in [0, 0.1) is 0 Å². The molecule has 2 aromatic rings. The smallest absolute Gasteiger partial charge is 0.341 e. The van der Waals surface area contributed by atoms with Crippen molar-refractivity contribution in [1.29, 1.82) is 0 Å². The first-order valence-electron chi connectivity index (χ1n) is 10.7. The second-order valence-electron chi connectivity index (χ2n) is 8.36. The van der Waals surface area contributed by atoms with E-state index < -0.39 is 30.3 Å². The van der Waals surface area contributed by atoms with Crippen molar-refractivity contribution in [3.05, 3.63) is 57.0 Å². The summed E-state index contributed by atoms with van der Waals surface area (Å²) >= 11 is 9.53. The Hall–Kier alpha value is -2.33. The van der Waals surface area contributed by atoms with Crippen LogP contribution >= 0.6 is 27.5 Å². The lowest BCUT2D eigenvalue weighted by Gasteiger charge is -2.43. The van der Waals surface area contributed by atoms with Gasteiger partial charge in [0.05, 0.1) is 25.9 Å². The van der Waals surface area contributed by atoms with Gasteiger partial charge < -0.3 is 29.7 Å². The van der Waals surface area contributed by atoms with E-state index in [2.05, 4.69) is 21.2 Å². The maximum absolute atomic E-state index is 12.4. The summed E-state index contributed by atoms with van der Waals surface area (Å²) in [6.07, 6.45) is -0.0997. The van der Waals surface area contributed by atoms with Gasteiger partial charge in [0.25, 0.3) is 0 Å². The van der Waals surface area contributed by atoms with E-state index in [1.165, 1.54) is 7.11 Å². The molecule has 3 N–H and O–H groups in total. The Bertz CT molecular complexity index is 1030. The molecule has 10 heteroatoms. The van der Waals surface area contributed by atoms with Gasteiger partial charge in [0.15, 0.2) is 18.1 Å². The molecule has 1 heterocycles. The molecule has 184 valence electrons. The third-order valence-corrected chi connectivity index (χ3v) is 6.29. The molecule has 0 aromatic heterocycles. The molecule has 0 spiro atoms. The molecule has 2 aromatic carbocycles. The van der Waals surface area contributed by atoms with Crippen LogP contribution in [0.1, 0.15) is 49.5 Å².